The molecule has 3 aromatic heterocycles. The van der Waals surface area contributed by atoms with Crippen molar-refractivity contribution in [1.82, 2.24) is 15.0 Å². The maximum absolute atomic E-state index is 5.12. The Bertz CT molecular complexity index is 1000. The average Bonchev–Trinajstić information content (AvgIpc) is 3.05. The number of methoxy groups -OCH3 is 1. The Morgan fingerprint density at radius 1 is 0.875 bits per heavy atom. The number of pyridine rings is 2. The van der Waals surface area contributed by atoms with E-state index < -0.39 is 0 Å². The van der Waals surface area contributed by atoms with Gasteiger partial charge in [0, 0.05) is 51.9 Å². The Kier molecular flexibility index (Phi) is 3.50. The molecule has 118 valence electrons. The number of aryl methyl sites for hydroxylation is 1. The Morgan fingerprint density at radius 3 is 2.50 bits per heavy atom. The second-order valence-corrected chi connectivity index (χ2v) is 5.76. The van der Waals surface area contributed by atoms with Gasteiger partial charge < -0.3 is 9.72 Å². The summed E-state index contributed by atoms with van der Waals surface area (Å²) in [6.45, 7) is 2.00. The molecular formula is C20H17N3O. The van der Waals surface area contributed by atoms with Gasteiger partial charge in [-0.1, -0.05) is 6.07 Å². The first-order valence-electron chi connectivity index (χ1n) is 7.79. The van der Waals surface area contributed by atoms with Gasteiger partial charge in [0.1, 0.15) is 0 Å². The molecule has 0 fully saturated rings. The third-order valence-corrected chi connectivity index (χ3v) is 4.11. The first-order chi connectivity index (χ1) is 11.7. The summed E-state index contributed by atoms with van der Waals surface area (Å²) in [6.07, 6.45) is 3.67. The first kappa shape index (κ1) is 14.5. The summed E-state index contributed by atoms with van der Waals surface area (Å²) in [5.41, 5.74) is 6.57. The lowest BCUT2D eigenvalue weighted by Crippen LogP contribution is -1.87. The molecule has 0 amide bonds. The summed E-state index contributed by atoms with van der Waals surface area (Å²) in [4.78, 5) is 12.0. The number of aromatic nitrogens is 3. The lowest BCUT2D eigenvalue weighted by atomic mass is 10.1. The van der Waals surface area contributed by atoms with Crippen LogP contribution in [0.15, 0.2) is 60.9 Å². The molecular weight excluding hydrogens is 298 g/mol. The van der Waals surface area contributed by atoms with E-state index in [-0.39, 0.29) is 0 Å². The molecule has 0 saturated carbocycles. The summed E-state index contributed by atoms with van der Waals surface area (Å²) in [5, 5.41) is 1.17. The number of nitrogens with zero attached hydrogens (tertiary/aromatic N) is 2. The second-order valence-electron chi connectivity index (χ2n) is 5.76. The zero-order chi connectivity index (χ0) is 16.5. The van der Waals surface area contributed by atoms with Crippen LogP contribution in [-0.2, 0) is 0 Å². The van der Waals surface area contributed by atoms with Gasteiger partial charge >= 0.3 is 0 Å². The molecule has 0 bridgehead atoms. The van der Waals surface area contributed by atoms with Crippen LogP contribution in [0.5, 0.6) is 5.88 Å². The molecule has 0 unspecified atom stereocenters. The van der Waals surface area contributed by atoms with Crippen molar-refractivity contribution in [1.29, 1.82) is 0 Å². The van der Waals surface area contributed by atoms with E-state index in [1.165, 1.54) is 5.39 Å². The van der Waals surface area contributed by atoms with Gasteiger partial charge in [-0.25, -0.2) is 4.98 Å². The van der Waals surface area contributed by atoms with E-state index in [9.17, 15) is 0 Å². The Balaban J connectivity index is 1.75. The number of benzene rings is 1. The van der Waals surface area contributed by atoms with Gasteiger partial charge in [-0.2, -0.15) is 0 Å². The van der Waals surface area contributed by atoms with Gasteiger partial charge in [-0.3, -0.25) is 4.98 Å². The van der Waals surface area contributed by atoms with E-state index in [4.69, 9.17) is 4.74 Å². The number of fused-ring (bicyclic) bond motifs is 1. The largest absolute Gasteiger partial charge is 0.481 e. The van der Waals surface area contributed by atoms with Gasteiger partial charge in [0.25, 0.3) is 0 Å². The molecule has 0 aliphatic rings. The summed E-state index contributed by atoms with van der Waals surface area (Å²) in [5.74, 6) is 0.622. The highest BCUT2D eigenvalue weighted by Crippen LogP contribution is 2.28. The smallest absolute Gasteiger partial charge is 0.212 e. The molecule has 0 spiro atoms. The average molecular weight is 315 g/mol. The van der Waals surface area contributed by atoms with Crippen LogP contribution in [0.4, 0.5) is 0 Å². The molecule has 0 radical (unpaired) electrons. The monoisotopic (exact) mass is 315 g/mol. The van der Waals surface area contributed by atoms with Crippen LogP contribution in [-0.4, -0.2) is 22.1 Å². The Labute approximate surface area is 140 Å². The Hall–Kier alpha value is -3.14. The lowest BCUT2D eigenvalue weighted by Gasteiger charge is -2.03. The van der Waals surface area contributed by atoms with E-state index in [0.717, 1.165) is 33.6 Å². The third kappa shape index (κ3) is 2.63. The first-order valence-corrected chi connectivity index (χ1v) is 7.79. The predicted octanol–water partition coefficient (Wildman–Crippen LogP) is 4.61. The van der Waals surface area contributed by atoms with Crippen molar-refractivity contribution in [3.05, 3.63) is 66.6 Å². The fourth-order valence-electron chi connectivity index (χ4n) is 2.85. The molecule has 1 N–H and O–H groups in total. The number of rotatable bonds is 3. The van der Waals surface area contributed by atoms with Crippen LogP contribution in [0.1, 0.15) is 5.69 Å². The van der Waals surface area contributed by atoms with Crippen molar-refractivity contribution in [3.63, 3.8) is 0 Å². The zero-order valence-electron chi connectivity index (χ0n) is 13.6. The van der Waals surface area contributed by atoms with E-state index >= 15 is 0 Å². The van der Waals surface area contributed by atoms with Gasteiger partial charge in [-0.15, -0.1) is 0 Å². The highest BCUT2D eigenvalue weighted by atomic mass is 16.5. The van der Waals surface area contributed by atoms with Crippen molar-refractivity contribution >= 4 is 10.9 Å². The fourth-order valence-corrected chi connectivity index (χ4v) is 2.85. The second kappa shape index (κ2) is 5.81. The molecule has 4 nitrogen and oxygen atoms in total. The summed E-state index contributed by atoms with van der Waals surface area (Å²) < 4.78 is 5.12. The number of ether oxygens (including phenoxy) is 1. The normalized spacial score (nSPS) is 10.9. The van der Waals surface area contributed by atoms with Gasteiger partial charge in [-0.05, 0) is 48.9 Å². The molecule has 0 aliphatic carbocycles. The minimum absolute atomic E-state index is 0.622. The molecule has 3 heterocycles. The SMILES string of the molecule is COc1ccc(-c2ccc3[nH]c(-c4ccnc(C)c4)cc3c2)cn1. The minimum atomic E-state index is 0.622. The standard InChI is InChI=1S/C20H17N3O/c1-13-9-15(7-8-21-13)19-11-17-10-14(3-5-18(17)23-19)16-4-6-20(24-2)22-12-16/h3-12,23H,1-2H3. The molecule has 4 aromatic rings. The van der Waals surface area contributed by atoms with E-state index in [1.54, 1.807) is 7.11 Å². The van der Waals surface area contributed by atoms with Crippen molar-refractivity contribution in [2.24, 2.45) is 0 Å². The summed E-state index contributed by atoms with van der Waals surface area (Å²) in [7, 11) is 1.62. The maximum atomic E-state index is 5.12. The van der Waals surface area contributed by atoms with E-state index in [1.807, 2.05) is 37.5 Å². The fraction of sp³-hybridized carbons (Fsp3) is 0.100. The van der Waals surface area contributed by atoms with Gasteiger partial charge in [0.05, 0.1) is 7.11 Å². The molecule has 24 heavy (non-hydrogen) atoms. The number of H-pyrrole nitrogens is 1. The number of aromatic amines is 1. The highest BCUT2D eigenvalue weighted by molar-refractivity contribution is 5.89. The third-order valence-electron chi connectivity index (χ3n) is 4.11. The van der Waals surface area contributed by atoms with E-state index in [2.05, 4.69) is 45.3 Å². The molecule has 4 rings (SSSR count). The summed E-state index contributed by atoms with van der Waals surface area (Å²) >= 11 is 0. The van der Waals surface area contributed by atoms with Crippen molar-refractivity contribution in [2.75, 3.05) is 7.11 Å². The van der Waals surface area contributed by atoms with Gasteiger partial charge in [0.2, 0.25) is 5.88 Å². The van der Waals surface area contributed by atoms with Crippen LogP contribution >= 0.6 is 0 Å². The minimum Gasteiger partial charge on any atom is -0.481 e. The Morgan fingerprint density at radius 2 is 1.75 bits per heavy atom. The lowest BCUT2D eigenvalue weighted by molar-refractivity contribution is 0.398. The van der Waals surface area contributed by atoms with Crippen molar-refractivity contribution < 1.29 is 4.74 Å². The molecule has 0 aliphatic heterocycles. The van der Waals surface area contributed by atoms with Crippen LogP contribution in [0.25, 0.3) is 33.3 Å². The summed E-state index contributed by atoms with van der Waals surface area (Å²) in [6, 6.07) is 16.5. The van der Waals surface area contributed by atoms with Crippen molar-refractivity contribution in [3.8, 4) is 28.3 Å². The van der Waals surface area contributed by atoms with Crippen LogP contribution in [0.2, 0.25) is 0 Å². The predicted molar refractivity (Wildman–Crippen MR) is 96.0 cm³/mol. The number of hydrogen-bond donors (Lipinski definition) is 1. The molecule has 1 aromatic carbocycles. The van der Waals surface area contributed by atoms with Gasteiger partial charge in [0.15, 0.2) is 0 Å². The molecule has 0 saturated heterocycles. The van der Waals surface area contributed by atoms with Crippen molar-refractivity contribution in [2.45, 2.75) is 6.92 Å². The topological polar surface area (TPSA) is 50.8 Å². The molecule has 0 atom stereocenters. The van der Waals surface area contributed by atoms with Crippen LogP contribution < -0.4 is 4.74 Å². The quantitative estimate of drug-likeness (QED) is 0.600. The number of nitrogens with one attached hydrogen (secondary N) is 1. The maximum Gasteiger partial charge on any atom is 0.212 e. The van der Waals surface area contributed by atoms with Crippen LogP contribution in [0, 0.1) is 6.92 Å². The highest BCUT2D eigenvalue weighted by Gasteiger charge is 2.06. The zero-order valence-corrected chi connectivity index (χ0v) is 13.6. The number of hydrogen-bond acceptors (Lipinski definition) is 3. The molecule has 4 heteroatoms. The van der Waals surface area contributed by atoms with E-state index in [0.29, 0.717) is 5.88 Å². The van der Waals surface area contributed by atoms with Crippen LogP contribution in [0.3, 0.4) is 0 Å².